The Morgan fingerprint density at radius 3 is 2.63 bits per heavy atom. The summed E-state index contributed by atoms with van der Waals surface area (Å²) in [5.41, 5.74) is 2.34. The molecule has 2 aromatic rings. The van der Waals surface area contributed by atoms with Crippen molar-refractivity contribution in [1.29, 1.82) is 0 Å². The number of methoxy groups -OCH3 is 1. The van der Waals surface area contributed by atoms with Crippen LogP contribution in [0.5, 0.6) is 5.75 Å². The maximum Gasteiger partial charge on any atom is 0.274 e. The number of nitrogens with zero attached hydrogens (tertiary/aromatic N) is 3. The van der Waals surface area contributed by atoms with Crippen LogP contribution in [0.2, 0.25) is 0 Å². The lowest BCUT2D eigenvalue weighted by atomic mass is 9.95. The van der Waals surface area contributed by atoms with Crippen molar-refractivity contribution in [2.45, 2.75) is 39.0 Å². The second-order valence-electron chi connectivity index (χ2n) is 7.73. The number of likely N-dealkylation sites (tertiary alicyclic amines) is 1. The molecule has 0 bridgehead atoms. The number of benzene rings is 1. The highest BCUT2D eigenvalue weighted by Crippen LogP contribution is 2.29. The normalized spacial score (nSPS) is 19.3. The van der Waals surface area contributed by atoms with Crippen molar-refractivity contribution in [1.82, 2.24) is 19.8 Å². The van der Waals surface area contributed by atoms with Crippen LogP contribution in [0.15, 0.2) is 30.6 Å². The Balaban J connectivity index is 1.40. The Kier molecular flexibility index (Phi) is 6.03. The number of hydrogen-bond donors (Lipinski definition) is 1. The molecule has 2 aliphatic heterocycles. The Hall–Kier alpha value is -2.87. The van der Waals surface area contributed by atoms with Gasteiger partial charge in [-0.2, -0.15) is 0 Å². The van der Waals surface area contributed by atoms with E-state index in [0.717, 1.165) is 17.0 Å². The first-order valence-corrected chi connectivity index (χ1v) is 10.5. The van der Waals surface area contributed by atoms with E-state index in [4.69, 9.17) is 9.47 Å². The van der Waals surface area contributed by atoms with Crippen molar-refractivity contribution in [3.8, 4) is 5.75 Å². The number of ether oxygens (including phenoxy) is 2. The van der Waals surface area contributed by atoms with Gasteiger partial charge >= 0.3 is 0 Å². The van der Waals surface area contributed by atoms with Gasteiger partial charge in [0.1, 0.15) is 11.9 Å². The molecule has 0 spiro atoms. The van der Waals surface area contributed by atoms with Crippen molar-refractivity contribution in [3.05, 3.63) is 47.5 Å². The van der Waals surface area contributed by atoms with Gasteiger partial charge in [-0.25, -0.2) is 4.98 Å². The molecule has 8 heteroatoms. The summed E-state index contributed by atoms with van der Waals surface area (Å²) in [7, 11) is 1.64. The molecule has 160 valence electrons. The molecule has 1 N–H and O–H groups in total. The average molecular weight is 412 g/mol. The number of rotatable bonds is 5. The summed E-state index contributed by atoms with van der Waals surface area (Å²) in [6.07, 6.45) is 3.00. The fraction of sp³-hybridized carbons (Fsp3) is 0.500. The molecule has 1 aromatic heterocycles. The molecule has 0 radical (unpaired) electrons. The van der Waals surface area contributed by atoms with Crippen LogP contribution < -0.4 is 10.1 Å². The number of carbonyl (C=O) groups excluding carboxylic acids is 2. The summed E-state index contributed by atoms with van der Waals surface area (Å²) in [6.45, 7) is 4.65. The number of nitrogens with one attached hydrogen (secondary N) is 1. The topological polar surface area (TPSA) is 85.7 Å². The van der Waals surface area contributed by atoms with Crippen LogP contribution >= 0.6 is 0 Å². The molecular formula is C22H28N4O4. The number of piperidine rings is 1. The molecule has 30 heavy (non-hydrogen) atoms. The van der Waals surface area contributed by atoms with E-state index >= 15 is 0 Å². The van der Waals surface area contributed by atoms with E-state index in [9.17, 15) is 9.59 Å². The van der Waals surface area contributed by atoms with Gasteiger partial charge in [-0.1, -0.05) is 12.1 Å². The number of imidazole rings is 1. The second kappa shape index (κ2) is 8.87. The van der Waals surface area contributed by atoms with E-state index in [2.05, 4.69) is 10.3 Å². The SMILES string of the molecule is CCNC(=O)C1CCN(C(=O)c2ncn3c2COC(c2ccc(OC)cc2)C3)CC1. The summed E-state index contributed by atoms with van der Waals surface area (Å²) in [4.78, 5) is 31.3. The van der Waals surface area contributed by atoms with Gasteiger partial charge in [-0.05, 0) is 37.5 Å². The van der Waals surface area contributed by atoms with Crippen LogP contribution in [0.4, 0.5) is 0 Å². The van der Waals surface area contributed by atoms with Crippen LogP contribution in [0.3, 0.4) is 0 Å². The minimum atomic E-state index is -0.0895. The summed E-state index contributed by atoms with van der Waals surface area (Å²) in [6, 6.07) is 7.83. The lowest BCUT2D eigenvalue weighted by molar-refractivity contribution is -0.126. The van der Waals surface area contributed by atoms with E-state index in [0.29, 0.717) is 51.3 Å². The first-order chi connectivity index (χ1) is 14.6. The molecule has 1 atom stereocenters. The standard InChI is InChI=1S/C22H28N4O4/c1-3-23-21(27)16-8-10-25(11-9-16)22(28)20-18-13-30-19(12-26(18)14-24-20)15-4-6-17(29-2)7-5-15/h4-7,14,16,19H,3,8-13H2,1-2H3,(H,23,27). The number of hydrogen-bond acceptors (Lipinski definition) is 5. The maximum absolute atomic E-state index is 13.0. The van der Waals surface area contributed by atoms with Crippen molar-refractivity contribution in [2.75, 3.05) is 26.7 Å². The van der Waals surface area contributed by atoms with Gasteiger partial charge in [0.15, 0.2) is 5.69 Å². The van der Waals surface area contributed by atoms with Gasteiger partial charge in [0, 0.05) is 25.6 Å². The highest BCUT2D eigenvalue weighted by atomic mass is 16.5. The molecule has 2 aliphatic rings. The minimum Gasteiger partial charge on any atom is -0.497 e. The van der Waals surface area contributed by atoms with E-state index in [-0.39, 0.29) is 23.8 Å². The highest BCUT2D eigenvalue weighted by molar-refractivity contribution is 5.93. The van der Waals surface area contributed by atoms with E-state index < -0.39 is 0 Å². The molecule has 3 heterocycles. The second-order valence-corrected chi connectivity index (χ2v) is 7.73. The minimum absolute atomic E-state index is 0.0153. The molecule has 2 amide bonds. The first kappa shape index (κ1) is 20.4. The monoisotopic (exact) mass is 412 g/mol. The van der Waals surface area contributed by atoms with Gasteiger partial charge < -0.3 is 24.3 Å². The third-order valence-electron chi connectivity index (χ3n) is 5.92. The first-order valence-electron chi connectivity index (χ1n) is 10.5. The Morgan fingerprint density at radius 1 is 1.23 bits per heavy atom. The third-order valence-corrected chi connectivity index (χ3v) is 5.92. The molecule has 0 saturated carbocycles. The van der Waals surface area contributed by atoms with Gasteiger partial charge in [0.2, 0.25) is 5.91 Å². The largest absolute Gasteiger partial charge is 0.497 e. The van der Waals surface area contributed by atoms with Gasteiger partial charge in [-0.15, -0.1) is 0 Å². The summed E-state index contributed by atoms with van der Waals surface area (Å²) < 4.78 is 13.3. The molecule has 1 unspecified atom stereocenters. The van der Waals surface area contributed by atoms with Crippen LogP contribution in [-0.2, 0) is 22.7 Å². The van der Waals surface area contributed by atoms with Crippen molar-refractivity contribution < 1.29 is 19.1 Å². The summed E-state index contributed by atoms with van der Waals surface area (Å²) in [5.74, 6) is 0.798. The Labute approximate surface area is 176 Å². The molecule has 1 fully saturated rings. The number of fused-ring (bicyclic) bond motifs is 1. The van der Waals surface area contributed by atoms with Crippen LogP contribution in [0.1, 0.15) is 47.6 Å². The van der Waals surface area contributed by atoms with Crippen molar-refractivity contribution >= 4 is 11.8 Å². The fourth-order valence-corrected chi connectivity index (χ4v) is 4.14. The average Bonchev–Trinajstić information content (AvgIpc) is 3.22. The molecule has 0 aliphatic carbocycles. The third kappa shape index (κ3) is 4.05. The smallest absolute Gasteiger partial charge is 0.274 e. The molecular weight excluding hydrogens is 384 g/mol. The predicted octanol–water partition coefficient (Wildman–Crippen LogP) is 2.15. The highest BCUT2D eigenvalue weighted by Gasteiger charge is 2.32. The zero-order chi connectivity index (χ0) is 21.1. The molecule has 1 aromatic carbocycles. The van der Waals surface area contributed by atoms with Crippen molar-refractivity contribution in [3.63, 3.8) is 0 Å². The van der Waals surface area contributed by atoms with Gasteiger partial charge in [0.05, 0.1) is 32.3 Å². The summed E-state index contributed by atoms with van der Waals surface area (Å²) >= 11 is 0. The van der Waals surface area contributed by atoms with Crippen LogP contribution in [0.25, 0.3) is 0 Å². The van der Waals surface area contributed by atoms with E-state index in [1.54, 1.807) is 18.3 Å². The quantitative estimate of drug-likeness (QED) is 0.813. The molecule has 4 rings (SSSR count). The van der Waals surface area contributed by atoms with Crippen LogP contribution in [-0.4, -0.2) is 53.0 Å². The van der Waals surface area contributed by atoms with Crippen LogP contribution in [0, 0.1) is 5.92 Å². The van der Waals surface area contributed by atoms with Crippen molar-refractivity contribution in [2.24, 2.45) is 5.92 Å². The number of carbonyl (C=O) groups is 2. The predicted molar refractivity (Wildman–Crippen MR) is 110 cm³/mol. The Bertz CT molecular complexity index is 900. The van der Waals surface area contributed by atoms with Gasteiger partial charge in [0.25, 0.3) is 5.91 Å². The lowest BCUT2D eigenvalue weighted by Crippen LogP contribution is -2.43. The van der Waals surface area contributed by atoms with E-state index in [1.165, 1.54) is 0 Å². The lowest BCUT2D eigenvalue weighted by Gasteiger charge is -2.31. The summed E-state index contributed by atoms with van der Waals surface area (Å²) in [5, 5.41) is 2.87. The molecule has 8 nitrogen and oxygen atoms in total. The zero-order valence-electron chi connectivity index (χ0n) is 17.5. The van der Waals surface area contributed by atoms with Gasteiger partial charge in [-0.3, -0.25) is 9.59 Å². The molecule has 1 saturated heterocycles. The fourth-order valence-electron chi connectivity index (χ4n) is 4.14. The number of amides is 2. The zero-order valence-corrected chi connectivity index (χ0v) is 17.5. The number of aromatic nitrogens is 2. The van der Waals surface area contributed by atoms with E-state index in [1.807, 2.05) is 35.8 Å². The maximum atomic E-state index is 13.0. The Morgan fingerprint density at radius 2 is 1.97 bits per heavy atom.